The van der Waals surface area contributed by atoms with Gasteiger partial charge in [-0.3, -0.25) is 0 Å². The molecule has 3 N–H and O–H groups in total. The van der Waals surface area contributed by atoms with E-state index in [9.17, 15) is 8.42 Å². The average molecular weight is 391 g/mol. The molecule has 2 heterocycles. The summed E-state index contributed by atoms with van der Waals surface area (Å²) in [6.07, 6.45) is 3.20. The van der Waals surface area contributed by atoms with E-state index in [2.05, 4.69) is 22.4 Å². The van der Waals surface area contributed by atoms with Gasteiger partial charge in [0.05, 0.1) is 6.61 Å². The summed E-state index contributed by atoms with van der Waals surface area (Å²) in [7, 11) is -3.85. The molecule has 1 aliphatic rings. The molecule has 1 aliphatic heterocycles. The van der Waals surface area contributed by atoms with Gasteiger partial charge in [0.1, 0.15) is 16.5 Å². The minimum absolute atomic E-state index is 0.00102. The Hall–Kier alpha value is -2.16. The number of aromatic nitrogens is 1. The number of benzene rings is 1. The molecule has 2 aromatic rings. The van der Waals surface area contributed by atoms with Crippen LogP contribution in [0.1, 0.15) is 25.3 Å². The number of hydrogen-bond acceptors (Lipinski definition) is 6. The van der Waals surface area contributed by atoms with Crippen LogP contribution in [0.5, 0.6) is 5.75 Å². The monoisotopic (exact) mass is 391 g/mol. The second-order valence-corrected chi connectivity index (χ2v) is 8.13. The fraction of sp³-hybridized carbons (Fsp3) is 0.421. The summed E-state index contributed by atoms with van der Waals surface area (Å²) in [5.41, 5.74) is 0.978. The molecule has 146 valence electrons. The van der Waals surface area contributed by atoms with Gasteiger partial charge in [-0.2, -0.15) is 0 Å². The molecule has 0 spiro atoms. The van der Waals surface area contributed by atoms with Gasteiger partial charge in [0, 0.05) is 31.4 Å². The van der Waals surface area contributed by atoms with Crippen LogP contribution in [0, 0.1) is 0 Å². The molecule has 0 amide bonds. The van der Waals surface area contributed by atoms with Gasteiger partial charge >= 0.3 is 0 Å². The molecule has 1 aromatic carbocycles. The zero-order valence-electron chi connectivity index (χ0n) is 15.3. The van der Waals surface area contributed by atoms with E-state index in [1.54, 1.807) is 12.3 Å². The summed E-state index contributed by atoms with van der Waals surface area (Å²) in [6.45, 7) is 4.41. The van der Waals surface area contributed by atoms with Crippen LogP contribution in [-0.2, 0) is 20.2 Å². The van der Waals surface area contributed by atoms with Crippen molar-refractivity contribution in [3.05, 3.63) is 48.2 Å². The second kappa shape index (κ2) is 8.24. The number of nitrogens with zero attached hydrogens (tertiary/aromatic N) is 1. The van der Waals surface area contributed by atoms with E-state index in [-0.39, 0.29) is 16.1 Å². The first kappa shape index (κ1) is 19.6. The number of rotatable bonds is 7. The Kier molecular flexibility index (Phi) is 5.98. The molecule has 0 aliphatic carbocycles. The number of nitrogens with one attached hydrogen (secondary N) is 1. The molecule has 1 saturated heterocycles. The summed E-state index contributed by atoms with van der Waals surface area (Å²) >= 11 is 0. The van der Waals surface area contributed by atoms with Crippen molar-refractivity contribution in [2.24, 2.45) is 5.14 Å². The standard InChI is InChI=1S/C19H25N3O4S/c1-2-26-16-7-5-15(6-8-16)19(9-12-25-13-10-19)14-22-18-17(27(20,23)24)4-3-11-21-18/h3-8,11H,2,9-10,12-14H2,1H3,(H,21,22)(H2,20,23,24). The number of nitrogens with two attached hydrogens (primary N) is 1. The minimum Gasteiger partial charge on any atom is -0.494 e. The fourth-order valence-corrected chi connectivity index (χ4v) is 4.07. The minimum atomic E-state index is -3.85. The second-order valence-electron chi connectivity index (χ2n) is 6.60. The largest absolute Gasteiger partial charge is 0.494 e. The lowest BCUT2D eigenvalue weighted by Crippen LogP contribution is -2.40. The van der Waals surface area contributed by atoms with E-state index < -0.39 is 10.0 Å². The maximum absolute atomic E-state index is 11.8. The highest BCUT2D eigenvalue weighted by Gasteiger charge is 2.35. The van der Waals surface area contributed by atoms with Crippen LogP contribution >= 0.6 is 0 Å². The normalized spacial score (nSPS) is 16.7. The summed E-state index contributed by atoms with van der Waals surface area (Å²) < 4.78 is 34.7. The van der Waals surface area contributed by atoms with Gasteiger partial charge in [-0.25, -0.2) is 18.5 Å². The van der Waals surface area contributed by atoms with Crippen LogP contribution < -0.4 is 15.2 Å². The number of pyridine rings is 1. The first-order chi connectivity index (χ1) is 12.9. The SMILES string of the molecule is CCOc1ccc(C2(CNc3ncccc3S(N)(=O)=O)CCOCC2)cc1. The van der Waals surface area contributed by atoms with Gasteiger partial charge in [0.15, 0.2) is 0 Å². The van der Waals surface area contributed by atoms with Gasteiger partial charge in [0.2, 0.25) is 10.0 Å². The molecule has 0 unspecified atom stereocenters. The summed E-state index contributed by atoms with van der Waals surface area (Å²) in [4.78, 5) is 4.17. The van der Waals surface area contributed by atoms with Crippen LogP contribution in [0.25, 0.3) is 0 Å². The highest BCUT2D eigenvalue weighted by Crippen LogP contribution is 2.36. The zero-order chi connectivity index (χ0) is 19.3. The molecule has 0 saturated carbocycles. The molecule has 0 atom stereocenters. The lowest BCUT2D eigenvalue weighted by Gasteiger charge is -2.38. The fourth-order valence-electron chi connectivity index (χ4n) is 3.41. The first-order valence-electron chi connectivity index (χ1n) is 8.97. The third-order valence-electron chi connectivity index (χ3n) is 4.90. The Balaban J connectivity index is 1.86. The van der Waals surface area contributed by atoms with Crippen molar-refractivity contribution in [2.45, 2.75) is 30.1 Å². The smallest absolute Gasteiger partial charge is 0.241 e. The molecule has 3 rings (SSSR count). The van der Waals surface area contributed by atoms with Crippen molar-refractivity contribution in [3.8, 4) is 5.75 Å². The van der Waals surface area contributed by atoms with E-state index in [4.69, 9.17) is 14.6 Å². The van der Waals surface area contributed by atoms with E-state index >= 15 is 0 Å². The van der Waals surface area contributed by atoms with Crippen molar-refractivity contribution < 1.29 is 17.9 Å². The Morgan fingerprint density at radius 3 is 2.56 bits per heavy atom. The summed E-state index contributed by atoms with van der Waals surface area (Å²) in [5.74, 6) is 1.11. The van der Waals surface area contributed by atoms with Crippen molar-refractivity contribution in [2.75, 3.05) is 31.7 Å². The van der Waals surface area contributed by atoms with Crippen molar-refractivity contribution in [1.29, 1.82) is 0 Å². The predicted octanol–water partition coefficient (Wildman–Crippen LogP) is 2.29. The number of ether oxygens (including phenoxy) is 2. The molecule has 8 heteroatoms. The van der Waals surface area contributed by atoms with Crippen molar-refractivity contribution in [3.63, 3.8) is 0 Å². The Morgan fingerprint density at radius 2 is 1.93 bits per heavy atom. The van der Waals surface area contributed by atoms with Crippen LogP contribution in [-0.4, -0.2) is 39.8 Å². The van der Waals surface area contributed by atoms with Gasteiger partial charge < -0.3 is 14.8 Å². The quantitative estimate of drug-likeness (QED) is 0.750. The molecule has 0 bridgehead atoms. The topological polar surface area (TPSA) is 104 Å². The summed E-state index contributed by atoms with van der Waals surface area (Å²) in [5, 5.41) is 8.53. The molecule has 7 nitrogen and oxygen atoms in total. The third kappa shape index (κ3) is 4.58. The predicted molar refractivity (Wildman–Crippen MR) is 103 cm³/mol. The first-order valence-corrected chi connectivity index (χ1v) is 10.5. The maximum atomic E-state index is 11.8. The van der Waals surface area contributed by atoms with E-state index in [0.717, 1.165) is 24.2 Å². The van der Waals surface area contributed by atoms with E-state index in [1.807, 2.05) is 19.1 Å². The number of sulfonamides is 1. The Bertz CT molecular complexity index is 863. The Morgan fingerprint density at radius 1 is 1.22 bits per heavy atom. The number of anilines is 1. The number of primary sulfonamides is 1. The van der Waals surface area contributed by atoms with Crippen molar-refractivity contribution in [1.82, 2.24) is 4.98 Å². The molecular weight excluding hydrogens is 366 g/mol. The van der Waals surface area contributed by atoms with Gasteiger partial charge in [-0.15, -0.1) is 0 Å². The van der Waals surface area contributed by atoms with Crippen LogP contribution in [0.3, 0.4) is 0 Å². The van der Waals surface area contributed by atoms with E-state index in [0.29, 0.717) is 26.4 Å². The molecule has 1 fully saturated rings. The van der Waals surface area contributed by atoms with Gasteiger partial charge in [-0.1, -0.05) is 12.1 Å². The molecular formula is C19H25N3O4S. The van der Waals surface area contributed by atoms with Crippen LogP contribution in [0.2, 0.25) is 0 Å². The lowest BCUT2D eigenvalue weighted by atomic mass is 9.74. The zero-order valence-corrected chi connectivity index (χ0v) is 16.2. The highest BCUT2D eigenvalue weighted by molar-refractivity contribution is 7.89. The van der Waals surface area contributed by atoms with Gasteiger partial charge in [-0.05, 0) is 49.6 Å². The van der Waals surface area contributed by atoms with Crippen LogP contribution in [0.4, 0.5) is 5.82 Å². The molecule has 27 heavy (non-hydrogen) atoms. The lowest BCUT2D eigenvalue weighted by molar-refractivity contribution is 0.0543. The average Bonchev–Trinajstić information content (AvgIpc) is 2.67. The third-order valence-corrected chi connectivity index (χ3v) is 5.84. The maximum Gasteiger partial charge on any atom is 0.241 e. The van der Waals surface area contributed by atoms with Gasteiger partial charge in [0.25, 0.3) is 0 Å². The van der Waals surface area contributed by atoms with E-state index in [1.165, 1.54) is 6.07 Å². The van der Waals surface area contributed by atoms with Crippen LogP contribution in [0.15, 0.2) is 47.5 Å². The molecule has 0 radical (unpaired) electrons. The number of hydrogen-bond donors (Lipinski definition) is 2. The highest BCUT2D eigenvalue weighted by atomic mass is 32.2. The van der Waals surface area contributed by atoms with Crippen molar-refractivity contribution >= 4 is 15.8 Å². The summed E-state index contributed by atoms with van der Waals surface area (Å²) in [6, 6.07) is 11.1. The molecule has 1 aromatic heterocycles. The Labute approximate surface area is 159 Å².